The van der Waals surface area contributed by atoms with E-state index in [4.69, 9.17) is 0 Å². The van der Waals surface area contributed by atoms with Gasteiger partial charge in [0, 0.05) is 24.1 Å². The van der Waals surface area contributed by atoms with E-state index in [1.54, 1.807) is 23.9 Å². The molecule has 0 aliphatic carbocycles. The third kappa shape index (κ3) is 4.43. The number of halogens is 3. The van der Waals surface area contributed by atoms with Crippen LogP contribution in [0.3, 0.4) is 0 Å². The van der Waals surface area contributed by atoms with Gasteiger partial charge in [0.2, 0.25) is 5.91 Å². The number of hydrogen-bond donors (Lipinski definition) is 1. The molecule has 0 spiro atoms. The van der Waals surface area contributed by atoms with Gasteiger partial charge >= 0.3 is 6.36 Å². The molecular formula is C18H15F3N4O2. The molecule has 0 aliphatic heterocycles. The van der Waals surface area contributed by atoms with E-state index in [-0.39, 0.29) is 11.3 Å². The predicted molar refractivity (Wildman–Crippen MR) is 94.0 cm³/mol. The minimum atomic E-state index is -4.81. The SMILES string of the molecule is Cc1nn(C)c2ncc(NC(=O)/C=C/c3ccccc3OC(F)(F)F)cc12. The van der Waals surface area contributed by atoms with E-state index in [2.05, 4.69) is 20.1 Å². The van der Waals surface area contributed by atoms with Gasteiger partial charge in [-0.05, 0) is 25.1 Å². The third-order valence-electron chi connectivity index (χ3n) is 3.69. The summed E-state index contributed by atoms with van der Waals surface area (Å²) in [5.41, 5.74) is 2.03. The van der Waals surface area contributed by atoms with Crippen molar-refractivity contribution >= 4 is 28.7 Å². The molecule has 140 valence electrons. The lowest BCUT2D eigenvalue weighted by Gasteiger charge is -2.10. The molecular weight excluding hydrogens is 361 g/mol. The molecule has 0 unspecified atom stereocenters. The summed E-state index contributed by atoms with van der Waals surface area (Å²) in [5, 5.41) is 7.66. The standard InChI is InChI=1S/C18H15F3N4O2/c1-11-14-9-13(10-22-17(14)25(2)24-11)23-16(26)8-7-12-5-3-4-6-15(12)27-18(19,20)21/h3-10H,1-2H3,(H,23,26)/b8-7+. The van der Waals surface area contributed by atoms with E-state index in [0.717, 1.165) is 17.2 Å². The van der Waals surface area contributed by atoms with Gasteiger partial charge in [0.05, 0.1) is 17.6 Å². The van der Waals surface area contributed by atoms with Crippen LogP contribution >= 0.6 is 0 Å². The van der Waals surface area contributed by atoms with Crippen molar-refractivity contribution in [2.75, 3.05) is 5.32 Å². The number of nitrogens with zero attached hydrogens (tertiary/aromatic N) is 3. The second-order valence-corrected chi connectivity index (χ2v) is 5.71. The Labute approximate surface area is 152 Å². The average molecular weight is 376 g/mol. The summed E-state index contributed by atoms with van der Waals surface area (Å²) in [6.45, 7) is 1.83. The molecule has 0 fully saturated rings. The summed E-state index contributed by atoms with van der Waals surface area (Å²) in [5.74, 6) is -0.900. The number of para-hydroxylation sites is 1. The van der Waals surface area contributed by atoms with Crippen LogP contribution in [0, 0.1) is 6.92 Å². The van der Waals surface area contributed by atoms with E-state index in [0.29, 0.717) is 11.3 Å². The van der Waals surface area contributed by atoms with Crippen molar-refractivity contribution in [2.24, 2.45) is 7.05 Å². The van der Waals surface area contributed by atoms with E-state index in [9.17, 15) is 18.0 Å². The van der Waals surface area contributed by atoms with Crippen molar-refractivity contribution in [3.05, 3.63) is 53.9 Å². The highest BCUT2D eigenvalue weighted by Gasteiger charge is 2.31. The van der Waals surface area contributed by atoms with Crippen molar-refractivity contribution in [2.45, 2.75) is 13.3 Å². The molecule has 27 heavy (non-hydrogen) atoms. The van der Waals surface area contributed by atoms with E-state index in [1.807, 2.05) is 6.92 Å². The summed E-state index contributed by atoms with van der Waals surface area (Å²) in [6.07, 6.45) is -0.957. The van der Waals surface area contributed by atoms with Crippen molar-refractivity contribution in [3.8, 4) is 5.75 Å². The van der Waals surface area contributed by atoms with Crippen molar-refractivity contribution in [1.29, 1.82) is 0 Å². The van der Waals surface area contributed by atoms with Crippen molar-refractivity contribution in [3.63, 3.8) is 0 Å². The molecule has 0 saturated carbocycles. The lowest BCUT2D eigenvalue weighted by atomic mass is 10.2. The van der Waals surface area contributed by atoms with Gasteiger partial charge in [-0.2, -0.15) is 5.10 Å². The molecule has 1 amide bonds. The molecule has 3 aromatic rings. The van der Waals surface area contributed by atoms with Gasteiger partial charge in [0.25, 0.3) is 0 Å². The average Bonchev–Trinajstić information content (AvgIpc) is 2.87. The fraction of sp³-hybridized carbons (Fsp3) is 0.167. The normalized spacial score (nSPS) is 11.9. The molecule has 3 rings (SSSR count). The number of amides is 1. The largest absolute Gasteiger partial charge is 0.573 e. The van der Waals surface area contributed by atoms with Gasteiger partial charge in [0.15, 0.2) is 5.65 Å². The Hall–Kier alpha value is -3.36. The summed E-state index contributed by atoms with van der Waals surface area (Å²) in [4.78, 5) is 16.3. The number of alkyl halides is 3. The Morgan fingerprint density at radius 3 is 2.78 bits per heavy atom. The van der Waals surface area contributed by atoms with Gasteiger partial charge in [-0.1, -0.05) is 18.2 Å². The van der Waals surface area contributed by atoms with Crippen LogP contribution < -0.4 is 10.1 Å². The molecule has 1 N–H and O–H groups in total. The zero-order valence-corrected chi connectivity index (χ0v) is 14.4. The maximum atomic E-state index is 12.4. The Kier molecular flexibility index (Phi) is 4.85. The number of hydrogen-bond acceptors (Lipinski definition) is 4. The highest BCUT2D eigenvalue weighted by atomic mass is 19.4. The summed E-state index contributed by atoms with van der Waals surface area (Å²) >= 11 is 0. The lowest BCUT2D eigenvalue weighted by molar-refractivity contribution is -0.274. The number of pyridine rings is 1. The number of anilines is 1. The highest BCUT2D eigenvalue weighted by Crippen LogP contribution is 2.27. The molecule has 9 heteroatoms. The minimum Gasteiger partial charge on any atom is -0.405 e. The van der Waals surface area contributed by atoms with E-state index in [1.165, 1.54) is 30.5 Å². The number of aromatic nitrogens is 3. The van der Waals surface area contributed by atoms with Crippen LogP contribution in [0.25, 0.3) is 17.1 Å². The van der Waals surface area contributed by atoms with Crippen LogP contribution in [0.15, 0.2) is 42.6 Å². The molecule has 0 bridgehead atoms. The maximum Gasteiger partial charge on any atom is 0.573 e. The van der Waals surface area contributed by atoms with Gasteiger partial charge < -0.3 is 10.1 Å². The van der Waals surface area contributed by atoms with Gasteiger partial charge in [-0.25, -0.2) is 4.98 Å². The molecule has 0 saturated heterocycles. The molecule has 1 aromatic carbocycles. The number of rotatable bonds is 4. The number of ether oxygens (including phenoxy) is 1. The number of carbonyl (C=O) groups is 1. The Morgan fingerprint density at radius 1 is 1.30 bits per heavy atom. The Bertz CT molecular complexity index is 1030. The fourth-order valence-corrected chi connectivity index (χ4v) is 2.56. The van der Waals surface area contributed by atoms with Crippen LogP contribution in [0.1, 0.15) is 11.3 Å². The highest BCUT2D eigenvalue weighted by molar-refractivity contribution is 6.02. The van der Waals surface area contributed by atoms with Gasteiger partial charge in [0.1, 0.15) is 5.75 Å². The first-order valence-corrected chi connectivity index (χ1v) is 7.86. The quantitative estimate of drug-likeness (QED) is 0.703. The van der Waals surface area contributed by atoms with Crippen LogP contribution in [-0.2, 0) is 11.8 Å². The lowest BCUT2D eigenvalue weighted by Crippen LogP contribution is -2.17. The topological polar surface area (TPSA) is 69.0 Å². The van der Waals surface area contributed by atoms with Crippen LogP contribution in [0.2, 0.25) is 0 Å². The summed E-state index contributed by atoms with van der Waals surface area (Å²) in [7, 11) is 1.77. The first-order valence-electron chi connectivity index (χ1n) is 7.86. The number of aryl methyl sites for hydroxylation is 2. The van der Waals surface area contributed by atoms with Gasteiger partial charge in [-0.15, -0.1) is 13.2 Å². The van der Waals surface area contributed by atoms with Crippen LogP contribution in [-0.4, -0.2) is 27.0 Å². The number of carbonyl (C=O) groups excluding carboxylic acids is 1. The zero-order valence-electron chi connectivity index (χ0n) is 14.4. The Morgan fingerprint density at radius 2 is 2.04 bits per heavy atom. The zero-order chi connectivity index (χ0) is 19.6. The minimum absolute atomic E-state index is 0.127. The molecule has 2 aromatic heterocycles. The molecule has 0 radical (unpaired) electrons. The maximum absolute atomic E-state index is 12.4. The van der Waals surface area contributed by atoms with Crippen molar-refractivity contribution < 1.29 is 22.7 Å². The smallest absolute Gasteiger partial charge is 0.405 e. The number of fused-ring (bicyclic) bond motifs is 1. The van der Waals surface area contributed by atoms with Gasteiger partial charge in [-0.3, -0.25) is 9.48 Å². The second kappa shape index (κ2) is 7.10. The first-order chi connectivity index (χ1) is 12.7. The monoisotopic (exact) mass is 376 g/mol. The molecule has 2 heterocycles. The summed E-state index contributed by atoms with van der Waals surface area (Å²) < 4.78 is 42.9. The number of nitrogens with one attached hydrogen (secondary N) is 1. The third-order valence-corrected chi connectivity index (χ3v) is 3.69. The van der Waals surface area contributed by atoms with Crippen molar-refractivity contribution in [1.82, 2.24) is 14.8 Å². The molecule has 0 atom stereocenters. The fourth-order valence-electron chi connectivity index (χ4n) is 2.56. The van der Waals surface area contributed by atoms with E-state index < -0.39 is 12.3 Å². The predicted octanol–water partition coefficient (Wildman–Crippen LogP) is 3.83. The molecule has 6 nitrogen and oxygen atoms in total. The Balaban J connectivity index is 1.76. The molecule has 0 aliphatic rings. The number of benzene rings is 1. The summed E-state index contributed by atoms with van der Waals surface area (Å²) in [6, 6.07) is 7.28. The second-order valence-electron chi connectivity index (χ2n) is 5.71. The van der Waals surface area contributed by atoms with E-state index >= 15 is 0 Å². The van der Waals surface area contributed by atoms with Crippen LogP contribution in [0.4, 0.5) is 18.9 Å². The first kappa shape index (κ1) is 18.4. The van der Waals surface area contributed by atoms with Crippen LogP contribution in [0.5, 0.6) is 5.75 Å².